The minimum atomic E-state index is -2.04. The highest BCUT2D eigenvalue weighted by molar-refractivity contribution is 6.06. The summed E-state index contributed by atoms with van der Waals surface area (Å²) in [5.41, 5.74) is -2.04. The zero-order valence-electron chi connectivity index (χ0n) is 14.9. The second-order valence-corrected chi connectivity index (χ2v) is 5.32. The maximum Gasteiger partial charge on any atom is 0.328 e. The number of ether oxygens (including phenoxy) is 4. The van der Waals surface area contributed by atoms with Crippen molar-refractivity contribution in [3.63, 3.8) is 0 Å². The summed E-state index contributed by atoms with van der Waals surface area (Å²) in [5, 5.41) is 11.9. The molecule has 2 atom stereocenters. The van der Waals surface area contributed by atoms with Crippen molar-refractivity contribution >= 4 is 17.9 Å². The van der Waals surface area contributed by atoms with Crippen molar-refractivity contribution in [3.8, 4) is 0 Å². The van der Waals surface area contributed by atoms with Crippen molar-refractivity contribution in [2.75, 3.05) is 39.6 Å². The average Bonchev–Trinajstić information content (AvgIpc) is 2.59. The highest BCUT2D eigenvalue weighted by Crippen LogP contribution is 2.38. The summed E-state index contributed by atoms with van der Waals surface area (Å²) in [6.07, 6.45) is -0.735. The average molecular weight is 361 g/mol. The summed E-state index contributed by atoms with van der Waals surface area (Å²) < 4.78 is 20.7. The van der Waals surface area contributed by atoms with Gasteiger partial charge in [0.1, 0.15) is 6.04 Å². The fourth-order valence-corrected chi connectivity index (χ4v) is 2.92. The highest BCUT2D eigenvalue weighted by atomic mass is 16.6. The van der Waals surface area contributed by atoms with Gasteiger partial charge in [0.25, 0.3) is 0 Å². The van der Waals surface area contributed by atoms with Crippen LogP contribution in [0, 0.1) is 5.41 Å². The number of piperidine rings is 1. The number of aliphatic hydroxyl groups is 1. The molecule has 1 heterocycles. The largest absolute Gasteiger partial charge is 0.465 e. The van der Waals surface area contributed by atoms with Crippen LogP contribution in [-0.4, -0.2) is 74.7 Å². The number of hydrogen-bond acceptors (Lipinski definition) is 9. The SMILES string of the molecule is CCOC(=O)[C@@H]1NCC[C@H](OCCO)C1(C(=O)OCC)C(=O)OCC. The van der Waals surface area contributed by atoms with E-state index in [4.69, 9.17) is 24.1 Å². The van der Waals surface area contributed by atoms with Gasteiger partial charge < -0.3 is 29.4 Å². The van der Waals surface area contributed by atoms with Gasteiger partial charge in [-0.15, -0.1) is 0 Å². The van der Waals surface area contributed by atoms with Crippen LogP contribution in [-0.2, 0) is 33.3 Å². The number of esters is 3. The molecule has 9 heteroatoms. The molecule has 0 amide bonds. The molecule has 0 radical (unpaired) electrons. The van der Waals surface area contributed by atoms with Gasteiger partial charge in [0.15, 0.2) is 0 Å². The number of nitrogens with one attached hydrogen (secondary N) is 1. The fourth-order valence-electron chi connectivity index (χ4n) is 2.92. The number of hydrogen-bond donors (Lipinski definition) is 2. The Hall–Kier alpha value is -1.71. The molecule has 144 valence electrons. The third-order valence-corrected chi connectivity index (χ3v) is 3.88. The first-order valence-electron chi connectivity index (χ1n) is 8.47. The normalized spacial score (nSPS) is 22.1. The van der Waals surface area contributed by atoms with Crippen molar-refractivity contribution < 1.29 is 38.4 Å². The van der Waals surface area contributed by atoms with Gasteiger partial charge in [0.05, 0.1) is 39.1 Å². The van der Waals surface area contributed by atoms with Crippen LogP contribution in [0.3, 0.4) is 0 Å². The Morgan fingerprint density at radius 1 is 1.04 bits per heavy atom. The summed E-state index contributed by atoms with van der Waals surface area (Å²) in [4.78, 5) is 38.1. The molecule has 1 aliphatic heterocycles. The summed E-state index contributed by atoms with van der Waals surface area (Å²) in [7, 11) is 0. The van der Waals surface area contributed by atoms with E-state index in [0.717, 1.165) is 0 Å². The first-order chi connectivity index (χ1) is 12.0. The lowest BCUT2D eigenvalue weighted by molar-refractivity contribution is -0.198. The molecule has 0 aromatic rings. The zero-order valence-corrected chi connectivity index (χ0v) is 14.9. The molecule has 1 aliphatic rings. The fraction of sp³-hybridized carbons (Fsp3) is 0.812. The van der Waals surface area contributed by atoms with Crippen LogP contribution in [0.4, 0.5) is 0 Å². The number of carbonyl (C=O) groups is 3. The first-order valence-corrected chi connectivity index (χ1v) is 8.47. The second-order valence-electron chi connectivity index (χ2n) is 5.32. The first kappa shape index (κ1) is 21.3. The van der Waals surface area contributed by atoms with Crippen LogP contribution in [0.1, 0.15) is 27.2 Å². The van der Waals surface area contributed by atoms with Crippen molar-refractivity contribution in [2.45, 2.75) is 39.3 Å². The van der Waals surface area contributed by atoms with Crippen molar-refractivity contribution in [1.82, 2.24) is 5.32 Å². The zero-order chi connectivity index (χ0) is 18.9. The lowest BCUT2D eigenvalue weighted by Crippen LogP contribution is -2.69. The van der Waals surface area contributed by atoms with Gasteiger partial charge in [0.2, 0.25) is 5.41 Å². The van der Waals surface area contributed by atoms with Gasteiger partial charge in [-0.3, -0.25) is 14.4 Å². The Morgan fingerprint density at radius 2 is 1.60 bits per heavy atom. The third kappa shape index (κ3) is 4.47. The Morgan fingerprint density at radius 3 is 2.08 bits per heavy atom. The molecule has 1 fully saturated rings. The molecule has 25 heavy (non-hydrogen) atoms. The van der Waals surface area contributed by atoms with Crippen LogP contribution < -0.4 is 5.32 Å². The van der Waals surface area contributed by atoms with E-state index in [2.05, 4.69) is 5.32 Å². The standard InChI is InChI=1S/C16H27NO8/c1-4-22-13(19)12-16(14(20)23-5-2,15(21)24-6-3)11(7-8-17-12)25-10-9-18/h11-12,17-18H,4-10H2,1-3H3/t11-,12-/m0/s1. The lowest BCUT2D eigenvalue weighted by Gasteiger charge is -2.43. The molecule has 1 rings (SSSR count). The van der Waals surface area contributed by atoms with Crippen molar-refractivity contribution in [1.29, 1.82) is 0 Å². The smallest absolute Gasteiger partial charge is 0.328 e. The van der Waals surface area contributed by atoms with Gasteiger partial charge in [-0.1, -0.05) is 0 Å². The van der Waals surface area contributed by atoms with Crippen LogP contribution in [0.5, 0.6) is 0 Å². The molecule has 9 nitrogen and oxygen atoms in total. The summed E-state index contributed by atoms with van der Waals surface area (Å²) in [6, 6.07) is -1.30. The Balaban J connectivity index is 3.41. The van der Waals surface area contributed by atoms with E-state index in [1.807, 2.05) is 0 Å². The predicted molar refractivity (Wildman–Crippen MR) is 85.6 cm³/mol. The van der Waals surface area contributed by atoms with Crippen molar-refractivity contribution in [2.24, 2.45) is 5.41 Å². The van der Waals surface area contributed by atoms with E-state index in [0.29, 0.717) is 6.54 Å². The molecule has 0 aliphatic carbocycles. The molecule has 0 spiro atoms. The summed E-state index contributed by atoms with van der Waals surface area (Å²) in [6.45, 7) is 4.85. The monoisotopic (exact) mass is 361 g/mol. The van der Waals surface area contributed by atoms with Gasteiger partial charge in [-0.2, -0.15) is 0 Å². The quantitative estimate of drug-likeness (QED) is 0.315. The Bertz CT molecular complexity index is 449. The van der Waals surface area contributed by atoms with Crippen LogP contribution >= 0.6 is 0 Å². The molecular formula is C16H27NO8. The molecule has 0 unspecified atom stereocenters. The number of rotatable bonds is 9. The summed E-state index contributed by atoms with van der Waals surface area (Å²) >= 11 is 0. The molecular weight excluding hydrogens is 334 g/mol. The highest BCUT2D eigenvalue weighted by Gasteiger charge is 2.65. The molecule has 0 bridgehead atoms. The van der Waals surface area contributed by atoms with Gasteiger partial charge in [-0.05, 0) is 33.7 Å². The topological polar surface area (TPSA) is 120 Å². The Kier molecular flexibility index (Phi) is 8.81. The minimum Gasteiger partial charge on any atom is -0.465 e. The minimum absolute atomic E-state index is 0.0161. The van der Waals surface area contributed by atoms with Crippen molar-refractivity contribution in [3.05, 3.63) is 0 Å². The van der Waals surface area contributed by atoms with E-state index in [-0.39, 0.29) is 39.5 Å². The third-order valence-electron chi connectivity index (χ3n) is 3.88. The van der Waals surface area contributed by atoms with Gasteiger partial charge in [0, 0.05) is 0 Å². The summed E-state index contributed by atoms with van der Waals surface area (Å²) in [5.74, 6) is -2.59. The second kappa shape index (κ2) is 10.3. The molecule has 0 saturated carbocycles. The number of carbonyl (C=O) groups excluding carboxylic acids is 3. The van der Waals surface area contributed by atoms with E-state index in [9.17, 15) is 14.4 Å². The van der Waals surface area contributed by atoms with E-state index >= 15 is 0 Å². The van der Waals surface area contributed by atoms with Crippen LogP contribution in [0.25, 0.3) is 0 Å². The van der Waals surface area contributed by atoms with E-state index in [1.165, 1.54) is 0 Å². The predicted octanol–water partition coefficient (Wildman–Crippen LogP) is -0.598. The van der Waals surface area contributed by atoms with Crippen LogP contribution in [0.2, 0.25) is 0 Å². The Labute approximate surface area is 146 Å². The number of aliphatic hydroxyl groups excluding tert-OH is 1. The maximum absolute atomic E-state index is 12.8. The lowest BCUT2D eigenvalue weighted by atomic mass is 9.71. The van der Waals surface area contributed by atoms with E-state index in [1.54, 1.807) is 20.8 Å². The molecule has 0 aromatic carbocycles. The molecule has 0 aromatic heterocycles. The maximum atomic E-state index is 12.8. The van der Waals surface area contributed by atoms with Crippen LogP contribution in [0.15, 0.2) is 0 Å². The van der Waals surface area contributed by atoms with Gasteiger partial charge in [-0.25, -0.2) is 0 Å². The van der Waals surface area contributed by atoms with E-state index < -0.39 is 35.5 Å². The molecule has 2 N–H and O–H groups in total. The molecule has 1 saturated heterocycles. The van der Waals surface area contributed by atoms with Gasteiger partial charge >= 0.3 is 17.9 Å².